The molecule has 0 bridgehead atoms. The van der Waals surface area contributed by atoms with Crippen LogP contribution in [0.2, 0.25) is 0 Å². The number of anilines is 1. The van der Waals surface area contributed by atoms with Crippen LogP contribution in [-0.2, 0) is 0 Å². The smallest absolute Gasteiger partial charge is 0.147 e. The molecule has 1 N–H and O–H groups in total. The molecule has 1 saturated heterocycles. The Hall–Kier alpha value is -0.320. The predicted octanol–water partition coefficient (Wildman–Crippen LogP) is 2.42. The van der Waals surface area contributed by atoms with Crippen molar-refractivity contribution in [2.24, 2.45) is 0 Å². The molecule has 1 fully saturated rings. The minimum absolute atomic E-state index is 0. The van der Waals surface area contributed by atoms with Gasteiger partial charge in [0.2, 0.25) is 0 Å². The maximum atomic E-state index is 13.5. The van der Waals surface area contributed by atoms with Gasteiger partial charge in [-0.1, -0.05) is 15.9 Å². The van der Waals surface area contributed by atoms with E-state index >= 15 is 0 Å². The molecule has 0 radical (unpaired) electrons. The van der Waals surface area contributed by atoms with Gasteiger partial charge in [-0.05, 0) is 18.2 Å². The number of hydrogen-bond donors (Lipinski definition) is 1. The fraction of sp³-hybridized carbons (Fsp3) is 0.400. The minimum atomic E-state index is -0.152. The van der Waals surface area contributed by atoms with E-state index in [1.54, 1.807) is 0 Å². The molecule has 1 aromatic rings. The largest absolute Gasteiger partial charge is 0.367 e. The quantitative estimate of drug-likeness (QED) is 0.856. The minimum Gasteiger partial charge on any atom is -0.367 e. The molecule has 0 saturated carbocycles. The number of halogens is 3. The Kier molecular flexibility index (Phi) is 4.83. The van der Waals surface area contributed by atoms with Crippen molar-refractivity contribution < 1.29 is 4.39 Å². The van der Waals surface area contributed by atoms with Gasteiger partial charge in [-0.3, -0.25) is 0 Å². The Morgan fingerprint density at radius 1 is 1.27 bits per heavy atom. The van der Waals surface area contributed by atoms with E-state index < -0.39 is 0 Å². The van der Waals surface area contributed by atoms with Crippen molar-refractivity contribution in [3.8, 4) is 0 Å². The zero-order valence-electron chi connectivity index (χ0n) is 8.17. The summed E-state index contributed by atoms with van der Waals surface area (Å²) < 4.78 is 14.3. The molecule has 0 spiro atoms. The van der Waals surface area contributed by atoms with Crippen molar-refractivity contribution in [2.45, 2.75) is 0 Å². The zero-order chi connectivity index (χ0) is 9.97. The normalized spacial score (nSPS) is 16.0. The standard InChI is InChI=1S/C10H12BrFN2.ClH/c11-8-1-2-10(9(12)7-8)14-5-3-13-4-6-14;/h1-2,7,13H,3-6H2;1H. The molecule has 0 unspecified atom stereocenters. The van der Waals surface area contributed by atoms with Gasteiger partial charge in [0, 0.05) is 30.7 Å². The molecule has 84 valence electrons. The highest BCUT2D eigenvalue weighted by Crippen LogP contribution is 2.23. The highest BCUT2D eigenvalue weighted by molar-refractivity contribution is 9.10. The molecule has 1 aliphatic rings. The maximum Gasteiger partial charge on any atom is 0.147 e. The van der Waals surface area contributed by atoms with Crippen LogP contribution < -0.4 is 10.2 Å². The van der Waals surface area contributed by atoms with Crippen LogP contribution in [0.3, 0.4) is 0 Å². The lowest BCUT2D eigenvalue weighted by Crippen LogP contribution is -2.43. The first kappa shape index (κ1) is 12.7. The topological polar surface area (TPSA) is 15.3 Å². The zero-order valence-corrected chi connectivity index (χ0v) is 10.6. The lowest BCUT2D eigenvalue weighted by molar-refractivity contribution is 0.566. The van der Waals surface area contributed by atoms with Crippen molar-refractivity contribution in [1.29, 1.82) is 0 Å². The predicted molar refractivity (Wildman–Crippen MR) is 66.4 cm³/mol. The van der Waals surface area contributed by atoms with Crippen LogP contribution in [0, 0.1) is 5.82 Å². The van der Waals surface area contributed by atoms with Crippen LogP contribution >= 0.6 is 28.3 Å². The summed E-state index contributed by atoms with van der Waals surface area (Å²) in [6.07, 6.45) is 0. The van der Waals surface area contributed by atoms with Crippen molar-refractivity contribution in [3.05, 3.63) is 28.5 Å². The number of nitrogens with zero attached hydrogens (tertiary/aromatic N) is 1. The van der Waals surface area contributed by atoms with Gasteiger partial charge in [-0.2, -0.15) is 0 Å². The van der Waals surface area contributed by atoms with E-state index in [-0.39, 0.29) is 18.2 Å². The monoisotopic (exact) mass is 294 g/mol. The van der Waals surface area contributed by atoms with E-state index in [0.29, 0.717) is 5.69 Å². The summed E-state index contributed by atoms with van der Waals surface area (Å²) in [6, 6.07) is 5.21. The SMILES string of the molecule is Cl.Fc1cc(Br)ccc1N1CCNCC1. The van der Waals surface area contributed by atoms with Crippen LogP contribution in [0.25, 0.3) is 0 Å². The molecule has 1 heterocycles. The molecule has 2 nitrogen and oxygen atoms in total. The van der Waals surface area contributed by atoms with Gasteiger partial charge in [0.05, 0.1) is 5.69 Å². The molecule has 0 atom stereocenters. The number of piperazine rings is 1. The summed E-state index contributed by atoms with van der Waals surface area (Å²) >= 11 is 3.25. The molecule has 1 aromatic carbocycles. The lowest BCUT2D eigenvalue weighted by Gasteiger charge is -2.29. The van der Waals surface area contributed by atoms with Gasteiger partial charge >= 0.3 is 0 Å². The van der Waals surface area contributed by atoms with Crippen molar-refractivity contribution >= 4 is 34.0 Å². The van der Waals surface area contributed by atoms with Crippen LogP contribution in [0.4, 0.5) is 10.1 Å². The van der Waals surface area contributed by atoms with E-state index in [1.165, 1.54) is 6.07 Å². The van der Waals surface area contributed by atoms with Crippen molar-refractivity contribution in [2.75, 3.05) is 31.1 Å². The van der Waals surface area contributed by atoms with Crippen LogP contribution in [-0.4, -0.2) is 26.2 Å². The Morgan fingerprint density at radius 3 is 2.53 bits per heavy atom. The Morgan fingerprint density at radius 2 is 1.93 bits per heavy atom. The van der Waals surface area contributed by atoms with Crippen molar-refractivity contribution in [1.82, 2.24) is 5.32 Å². The second-order valence-electron chi connectivity index (χ2n) is 3.33. The summed E-state index contributed by atoms with van der Waals surface area (Å²) in [5, 5.41) is 3.24. The molecular weight excluding hydrogens is 282 g/mol. The van der Waals surface area contributed by atoms with E-state index in [9.17, 15) is 4.39 Å². The molecule has 15 heavy (non-hydrogen) atoms. The van der Waals surface area contributed by atoms with Gasteiger partial charge in [0.25, 0.3) is 0 Å². The highest BCUT2D eigenvalue weighted by atomic mass is 79.9. The van der Waals surface area contributed by atoms with Gasteiger partial charge < -0.3 is 10.2 Å². The summed E-state index contributed by atoms with van der Waals surface area (Å²) in [6.45, 7) is 3.60. The average molecular weight is 296 g/mol. The van der Waals surface area contributed by atoms with E-state index in [1.807, 2.05) is 12.1 Å². The van der Waals surface area contributed by atoms with Crippen molar-refractivity contribution in [3.63, 3.8) is 0 Å². The van der Waals surface area contributed by atoms with Gasteiger partial charge in [-0.25, -0.2) is 4.39 Å². The molecular formula is C10H13BrClFN2. The highest BCUT2D eigenvalue weighted by Gasteiger charge is 2.13. The Labute approximate surface area is 103 Å². The van der Waals surface area contributed by atoms with Gasteiger partial charge in [0.1, 0.15) is 5.82 Å². The first-order valence-corrected chi connectivity index (χ1v) is 5.47. The third kappa shape index (κ3) is 3.06. The number of rotatable bonds is 1. The summed E-state index contributed by atoms with van der Waals surface area (Å²) in [7, 11) is 0. The second-order valence-corrected chi connectivity index (χ2v) is 4.25. The molecule has 5 heteroatoms. The third-order valence-electron chi connectivity index (χ3n) is 2.37. The van der Waals surface area contributed by atoms with E-state index in [0.717, 1.165) is 30.7 Å². The first-order chi connectivity index (χ1) is 6.77. The average Bonchev–Trinajstić information content (AvgIpc) is 2.19. The summed E-state index contributed by atoms with van der Waals surface area (Å²) in [5.41, 5.74) is 0.703. The fourth-order valence-corrected chi connectivity index (χ4v) is 1.98. The molecule has 0 aliphatic carbocycles. The Balaban J connectivity index is 0.00000112. The molecule has 2 rings (SSSR count). The number of hydrogen-bond acceptors (Lipinski definition) is 2. The summed E-state index contributed by atoms with van der Waals surface area (Å²) in [5.74, 6) is -0.152. The Bertz CT molecular complexity index is 329. The van der Waals surface area contributed by atoms with Crippen LogP contribution in [0.1, 0.15) is 0 Å². The van der Waals surface area contributed by atoms with Crippen LogP contribution in [0.15, 0.2) is 22.7 Å². The third-order valence-corrected chi connectivity index (χ3v) is 2.86. The van der Waals surface area contributed by atoms with Gasteiger partial charge in [0.15, 0.2) is 0 Å². The molecule has 0 aromatic heterocycles. The maximum absolute atomic E-state index is 13.5. The van der Waals surface area contributed by atoms with E-state index in [2.05, 4.69) is 26.1 Å². The lowest BCUT2D eigenvalue weighted by atomic mass is 10.2. The van der Waals surface area contributed by atoms with E-state index in [4.69, 9.17) is 0 Å². The number of benzene rings is 1. The summed E-state index contributed by atoms with van der Waals surface area (Å²) in [4.78, 5) is 2.07. The fourth-order valence-electron chi connectivity index (χ4n) is 1.64. The van der Waals surface area contributed by atoms with Crippen LogP contribution in [0.5, 0.6) is 0 Å². The first-order valence-electron chi connectivity index (χ1n) is 4.68. The number of nitrogens with one attached hydrogen (secondary N) is 1. The second kappa shape index (κ2) is 5.68. The van der Waals surface area contributed by atoms with Gasteiger partial charge in [-0.15, -0.1) is 12.4 Å². The molecule has 0 amide bonds. The molecule has 1 aliphatic heterocycles.